The number of fused-ring (bicyclic) bond motifs is 2. The van der Waals surface area contributed by atoms with Gasteiger partial charge < -0.3 is 14.7 Å². The number of benzene rings is 2. The molecule has 28 heavy (non-hydrogen) atoms. The molecule has 0 aromatic heterocycles. The van der Waals surface area contributed by atoms with E-state index in [0.29, 0.717) is 17.4 Å². The first-order chi connectivity index (χ1) is 13.4. The van der Waals surface area contributed by atoms with Crippen LogP contribution in [0, 0.1) is 0 Å². The van der Waals surface area contributed by atoms with Crippen molar-refractivity contribution >= 4 is 5.91 Å². The first kappa shape index (κ1) is 19.0. The van der Waals surface area contributed by atoms with Crippen LogP contribution in [-0.4, -0.2) is 42.2 Å². The van der Waals surface area contributed by atoms with E-state index in [1.807, 2.05) is 36.9 Å². The van der Waals surface area contributed by atoms with Crippen molar-refractivity contribution in [2.24, 2.45) is 0 Å². The zero-order valence-electron chi connectivity index (χ0n) is 16.9. The molecule has 1 amide bonds. The fraction of sp³-hybridized carbons (Fsp3) is 0.458. The first-order valence-corrected chi connectivity index (χ1v) is 10.1. The Hall–Kier alpha value is -2.33. The topological polar surface area (TPSA) is 49.8 Å². The monoisotopic (exact) mass is 379 g/mol. The zero-order valence-corrected chi connectivity index (χ0v) is 16.9. The van der Waals surface area contributed by atoms with Gasteiger partial charge in [-0.15, -0.1) is 0 Å². The smallest absolute Gasteiger partial charge is 0.254 e. The van der Waals surface area contributed by atoms with Gasteiger partial charge in [0.15, 0.2) is 0 Å². The molecule has 0 spiro atoms. The van der Waals surface area contributed by atoms with Crippen LogP contribution in [0.5, 0.6) is 5.75 Å². The molecule has 0 unspecified atom stereocenters. The molecule has 2 saturated heterocycles. The van der Waals surface area contributed by atoms with E-state index in [1.54, 1.807) is 7.11 Å². The number of aliphatic hydroxyl groups is 1. The number of rotatable bonds is 5. The van der Waals surface area contributed by atoms with Crippen LogP contribution < -0.4 is 4.74 Å². The number of piperidine rings is 2. The van der Waals surface area contributed by atoms with E-state index in [4.69, 9.17) is 4.74 Å². The predicted molar refractivity (Wildman–Crippen MR) is 110 cm³/mol. The van der Waals surface area contributed by atoms with Gasteiger partial charge in [0.2, 0.25) is 0 Å². The molecule has 0 radical (unpaired) electrons. The van der Waals surface area contributed by atoms with Crippen LogP contribution in [0.3, 0.4) is 0 Å². The standard InChI is InChI=1S/C24H29NO3/c1-23(2,16-26)20-10-9-17(13-21(20)28-3)22(27)25-12-11-24(14-19(25)15-24)18-7-5-4-6-8-18/h4-10,13,19,26H,11-12,14-16H2,1-3H3. The summed E-state index contributed by atoms with van der Waals surface area (Å²) in [5.41, 5.74) is 2.83. The van der Waals surface area contributed by atoms with Gasteiger partial charge in [0.1, 0.15) is 5.75 Å². The molecule has 2 aromatic carbocycles. The van der Waals surface area contributed by atoms with Gasteiger partial charge in [-0.25, -0.2) is 0 Å². The fourth-order valence-corrected chi connectivity index (χ4v) is 4.86. The molecular weight excluding hydrogens is 350 g/mol. The Morgan fingerprint density at radius 1 is 1.21 bits per heavy atom. The maximum atomic E-state index is 13.2. The Morgan fingerprint density at radius 2 is 1.93 bits per heavy atom. The second kappa shape index (κ2) is 6.93. The van der Waals surface area contributed by atoms with Crippen molar-refractivity contribution in [3.05, 3.63) is 65.2 Å². The molecule has 1 N–H and O–H groups in total. The Kier molecular flexibility index (Phi) is 4.70. The molecule has 3 fully saturated rings. The Balaban J connectivity index is 1.52. The van der Waals surface area contributed by atoms with Gasteiger partial charge in [-0.05, 0) is 37.0 Å². The van der Waals surface area contributed by atoms with Crippen molar-refractivity contribution in [2.45, 2.75) is 50.0 Å². The van der Waals surface area contributed by atoms with Crippen molar-refractivity contribution in [3.63, 3.8) is 0 Å². The molecule has 4 heteroatoms. The Bertz CT molecular complexity index is 863. The first-order valence-electron chi connectivity index (χ1n) is 10.1. The van der Waals surface area contributed by atoms with Crippen molar-refractivity contribution in [2.75, 3.05) is 20.3 Å². The summed E-state index contributed by atoms with van der Waals surface area (Å²) in [6.07, 6.45) is 3.12. The molecule has 2 aliphatic heterocycles. The Labute approximate surface area is 167 Å². The number of amides is 1. The van der Waals surface area contributed by atoms with Gasteiger partial charge in [-0.3, -0.25) is 4.79 Å². The normalized spacial score (nSPS) is 23.9. The highest BCUT2D eigenvalue weighted by Crippen LogP contribution is 2.52. The highest BCUT2D eigenvalue weighted by Gasteiger charge is 2.52. The number of ether oxygens (including phenoxy) is 1. The summed E-state index contributed by atoms with van der Waals surface area (Å²) in [5, 5.41) is 9.68. The number of nitrogens with zero attached hydrogens (tertiary/aromatic N) is 1. The fourth-order valence-electron chi connectivity index (χ4n) is 4.86. The lowest BCUT2D eigenvalue weighted by molar-refractivity contribution is -0.00435. The summed E-state index contributed by atoms with van der Waals surface area (Å²) < 4.78 is 5.54. The largest absolute Gasteiger partial charge is 0.496 e. The zero-order chi connectivity index (χ0) is 19.9. The van der Waals surface area contributed by atoms with E-state index in [-0.39, 0.29) is 17.9 Å². The van der Waals surface area contributed by atoms with Crippen LogP contribution in [0.2, 0.25) is 0 Å². The summed E-state index contributed by atoms with van der Waals surface area (Å²) in [5.74, 6) is 0.743. The number of carbonyl (C=O) groups is 1. The summed E-state index contributed by atoms with van der Waals surface area (Å²) in [6, 6.07) is 16.7. The van der Waals surface area contributed by atoms with Crippen LogP contribution in [0.15, 0.2) is 48.5 Å². The molecule has 2 heterocycles. The molecule has 5 rings (SSSR count). The lowest BCUT2D eigenvalue weighted by Crippen LogP contribution is -2.61. The lowest BCUT2D eigenvalue weighted by atomic mass is 9.57. The van der Waals surface area contributed by atoms with Crippen LogP contribution in [0.25, 0.3) is 0 Å². The number of methoxy groups -OCH3 is 1. The van der Waals surface area contributed by atoms with Crippen molar-refractivity contribution in [3.8, 4) is 5.75 Å². The third kappa shape index (κ3) is 3.00. The number of carbonyl (C=O) groups excluding carboxylic acids is 1. The highest BCUT2D eigenvalue weighted by molar-refractivity contribution is 5.95. The van der Waals surface area contributed by atoms with Gasteiger partial charge in [-0.2, -0.15) is 0 Å². The van der Waals surface area contributed by atoms with Crippen LogP contribution in [-0.2, 0) is 10.8 Å². The van der Waals surface area contributed by atoms with Crippen LogP contribution in [0.1, 0.15) is 54.6 Å². The average Bonchev–Trinajstić information content (AvgIpc) is 2.72. The average molecular weight is 380 g/mol. The maximum Gasteiger partial charge on any atom is 0.254 e. The molecule has 1 saturated carbocycles. The van der Waals surface area contributed by atoms with Crippen LogP contribution >= 0.6 is 0 Å². The Morgan fingerprint density at radius 3 is 2.50 bits per heavy atom. The van der Waals surface area contributed by atoms with Gasteiger partial charge in [-0.1, -0.05) is 50.2 Å². The summed E-state index contributed by atoms with van der Waals surface area (Å²) in [7, 11) is 1.61. The minimum absolute atomic E-state index is 0.0203. The highest BCUT2D eigenvalue weighted by atomic mass is 16.5. The summed E-state index contributed by atoms with van der Waals surface area (Å²) >= 11 is 0. The molecule has 1 aliphatic carbocycles. The van der Waals surface area contributed by atoms with Gasteiger partial charge in [0.05, 0.1) is 13.7 Å². The number of hydrogen-bond donors (Lipinski definition) is 1. The minimum Gasteiger partial charge on any atom is -0.496 e. The molecule has 2 aromatic rings. The van der Waals surface area contributed by atoms with Gasteiger partial charge >= 0.3 is 0 Å². The second-order valence-electron chi connectivity index (χ2n) is 8.91. The third-order valence-electron chi connectivity index (χ3n) is 6.74. The van der Waals surface area contributed by atoms with Crippen LogP contribution in [0.4, 0.5) is 0 Å². The number of hydrogen-bond acceptors (Lipinski definition) is 3. The van der Waals surface area contributed by atoms with Gasteiger partial charge in [0, 0.05) is 34.5 Å². The van der Waals surface area contributed by atoms with Crippen molar-refractivity contribution in [1.29, 1.82) is 0 Å². The van der Waals surface area contributed by atoms with E-state index in [1.165, 1.54) is 5.56 Å². The summed E-state index contributed by atoms with van der Waals surface area (Å²) in [6.45, 7) is 4.75. The van der Waals surface area contributed by atoms with Gasteiger partial charge in [0.25, 0.3) is 5.91 Å². The molecule has 0 atom stereocenters. The molecular formula is C24H29NO3. The SMILES string of the molecule is COc1cc(C(=O)N2CCC3(c4ccccc4)CC2C3)ccc1C(C)(C)CO. The van der Waals surface area contributed by atoms with E-state index in [2.05, 4.69) is 30.3 Å². The molecule has 2 bridgehead atoms. The summed E-state index contributed by atoms with van der Waals surface area (Å²) in [4.78, 5) is 15.2. The van der Waals surface area contributed by atoms with E-state index in [9.17, 15) is 9.90 Å². The number of aliphatic hydroxyl groups excluding tert-OH is 1. The predicted octanol–water partition coefficient (Wildman–Crippen LogP) is 3.91. The minimum atomic E-state index is -0.415. The molecule has 148 valence electrons. The lowest BCUT2D eigenvalue weighted by Gasteiger charge is -2.58. The molecule has 3 aliphatic rings. The quantitative estimate of drug-likeness (QED) is 0.857. The van der Waals surface area contributed by atoms with E-state index in [0.717, 1.165) is 31.4 Å². The van der Waals surface area contributed by atoms with E-state index >= 15 is 0 Å². The van der Waals surface area contributed by atoms with Crippen molar-refractivity contribution in [1.82, 2.24) is 4.90 Å². The third-order valence-corrected chi connectivity index (χ3v) is 6.74. The van der Waals surface area contributed by atoms with E-state index < -0.39 is 5.41 Å². The van der Waals surface area contributed by atoms with Crippen molar-refractivity contribution < 1.29 is 14.6 Å². The molecule has 4 nitrogen and oxygen atoms in total. The maximum absolute atomic E-state index is 13.2. The second-order valence-corrected chi connectivity index (χ2v) is 8.91.